The van der Waals surface area contributed by atoms with E-state index < -0.39 is 5.82 Å². The van der Waals surface area contributed by atoms with Crippen molar-refractivity contribution in [3.05, 3.63) is 58.9 Å². The third kappa shape index (κ3) is 3.36. The summed E-state index contributed by atoms with van der Waals surface area (Å²) >= 11 is 0. The standard InChI is InChI=1S/C17H19FO2/c1-11(2)17-5-4-15(6-12(17)3)20-16-8-13(10-19)7-14(18)9-16/h4-9,11,19H,10H2,1-3H3. The fourth-order valence-corrected chi connectivity index (χ4v) is 2.27. The van der Waals surface area contributed by atoms with Gasteiger partial charge in [0.15, 0.2) is 0 Å². The van der Waals surface area contributed by atoms with Crippen molar-refractivity contribution in [1.29, 1.82) is 0 Å². The normalized spacial score (nSPS) is 10.9. The van der Waals surface area contributed by atoms with E-state index in [9.17, 15) is 4.39 Å². The highest BCUT2D eigenvalue weighted by atomic mass is 19.1. The highest BCUT2D eigenvalue weighted by Crippen LogP contribution is 2.28. The second-order valence-corrected chi connectivity index (χ2v) is 5.23. The minimum Gasteiger partial charge on any atom is -0.457 e. The summed E-state index contributed by atoms with van der Waals surface area (Å²) in [5.41, 5.74) is 2.92. The second-order valence-electron chi connectivity index (χ2n) is 5.23. The summed E-state index contributed by atoms with van der Waals surface area (Å²) in [6.07, 6.45) is 0. The molecule has 106 valence electrons. The number of aliphatic hydroxyl groups is 1. The number of halogens is 1. The van der Waals surface area contributed by atoms with Gasteiger partial charge < -0.3 is 9.84 Å². The van der Waals surface area contributed by atoms with Crippen molar-refractivity contribution in [3.63, 3.8) is 0 Å². The molecule has 2 rings (SSSR count). The van der Waals surface area contributed by atoms with Crippen LogP contribution in [-0.4, -0.2) is 5.11 Å². The number of hydrogen-bond donors (Lipinski definition) is 1. The van der Waals surface area contributed by atoms with E-state index in [1.165, 1.54) is 17.7 Å². The maximum atomic E-state index is 13.4. The number of aliphatic hydroxyl groups excluding tert-OH is 1. The van der Waals surface area contributed by atoms with Gasteiger partial charge in [-0.3, -0.25) is 0 Å². The molecule has 20 heavy (non-hydrogen) atoms. The molecule has 0 fully saturated rings. The molecule has 0 heterocycles. The Bertz CT molecular complexity index is 606. The predicted molar refractivity (Wildman–Crippen MR) is 77.7 cm³/mol. The zero-order valence-electron chi connectivity index (χ0n) is 12.0. The molecule has 0 aliphatic carbocycles. The first-order valence-corrected chi connectivity index (χ1v) is 6.68. The summed E-state index contributed by atoms with van der Waals surface area (Å²) in [5.74, 6) is 1.11. The lowest BCUT2D eigenvalue weighted by Crippen LogP contribution is -1.94. The number of ether oxygens (including phenoxy) is 1. The first-order valence-electron chi connectivity index (χ1n) is 6.68. The molecule has 0 aromatic heterocycles. The van der Waals surface area contributed by atoms with Gasteiger partial charge in [0.2, 0.25) is 0 Å². The van der Waals surface area contributed by atoms with Crippen LogP contribution in [0.4, 0.5) is 4.39 Å². The zero-order chi connectivity index (χ0) is 14.7. The Hall–Kier alpha value is -1.87. The minimum absolute atomic E-state index is 0.209. The average Bonchev–Trinajstić information content (AvgIpc) is 2.37. The van der Waals surface area contributed by atoms with Crippen molar-refractivity contribution in [1.82, 2.24) is 0 Å². The Kier molecular flexibility index (Phi) is 4.40. The number of hydrogen-bond acceptors (Lipinski definition) is 2. The van der Waals surface area contributed by atoms with Gasteiger partial charge in [0.05, 0.1) is 6.61 Å². The van der Waals surface area contributed by atoms with Crippen LogP contribution in [0.25, 0.3) is 0 Å². The van der Waals surface area contributed by atoms with Crippen LogP contribution < -0.4 is 4.74 Å². The molecule has 0 bridgehead atoms. The van der Waals surface area contributed by atoms with Crippen LogP contribution in [0.1, 0.15) is 36.5 Å². The third-order valence-corrected chi connectivity index (χ3v) is 3.21. The summed E-state index contributed by atoms with van der Waals surface area (Å²) in [4.78, 5) is 0. The van der Waals surface area contributed by atoms with E-state index in [-0.39, 0.29) is 6.61 Å². The van der Waals surface area contributed by atoms with E-state index in [1.807, 2.05) is 25.1 Å². The lowest BCUT2D eigenvalue weighted by Gasteiger charge is -2.12. The molecule has 2 aromatic carbocycles. The second kappa shape index (κ2) is 6.06. The molecule has 0 amide bonds. The molecule has 0 radical (unpaired) electrons. The van der Waals surface area contributed by atoms with Gasteiger partial charge in [-0.2, -0.15) is 0 Å². The SMILES string of the molecule is Cc1cc(Oc2cc(F)cc(CO)c2)ccc1C(C)C. The fraction of sp³-hybridized carbons (Fsp3) is 0.294. The Morgan fingerprint density at radius 3 is 2.45 bits per heavy atom. The molecular weight excluding hydrogens is 255 g/mol. The van der Waals surface area contributed by atoms with Crippen LogP contribution in [0.3, 0.4) is 0 Å². The molecule has 0 aliphatic rings. The first kappa shape index (κ1) is 14.5. The topological polar surface area (TPSA) is 29.5 Å². The van der Waals surface area contributed by atoms with E-state index in [0.29, 0.717) is 23.0 Å². The Morgan fingerprint density at radius 1 is 1.10 bits per heavy atom. The van der Waals surface area contributed by atoms with E-state index in [2.05, 4.69) is 13.8 Å². The maximum absolute atomic E-state index is 13.4. The van der Waals surface area contributed by atoms with Crippen molar-refractivity contribution >= 4 is 0 Å². The van der Waals surface area contributed by atoms with Crippen LogP contribution in [-0.2, 0) is 6.61 Å². The lowest BCUT2D eigenvalue weighted by atomic mass is 9.98. The Balaban J connectivity index is 2.26. The molecule has 0 unspecified atom stereocenters. The van der Waals surface area contributed by atoms with Gasteiger partial charge in [0, 0.05) is 6.07 Å². The van der Waals surface area contributed by atoms with Crippen molar-refractivity contribution < 1.29 is 14.2 Å². The predicted octanol–water partition coefficient (Wildman–Crippen LogP) is 4.54. The van der Waals surface area contributed by atoms with Gasteiger partial charge in [-0.15, -0.1) is 0 Å². The Labute approximate surface area is 118 Å². The van der Waals surface area contributed by atoms with Crippen LogP contribution >= 0.6 is 0 Å². The fourth-order valence-electron chi connectivity index (χ4n) is 2.27. The van der Waals surface area contributed by atoms with E-state index in [1.54, 1.807) is 6.07 Å². The minimum atomic E-state index is -0.415. The van der Waals surface area contributed by atoms with Gasteiger partial charge in [-0.25, -0.2) is 4.39 Å². The molecular formula is C17H19FO2. The van der Waals surface area contributed by atoms with E-state index >= 15 is 0 Å². The summed E-state index contributed by atoms with van der Waals surface area (Å²) in [7, 11) is 0. The number of rotatable bonds is 4. The quantitative estimate of drug-likeness (QED) is 0.886. The summed E-state index contributed by atoms with van der Waals surface area (Å²) in [6, 6.07) is 10.1. The molecule has 2 aromatic rings. The number of benzene rings is 2. The first-order chi connectivity index (χ1) is 9.49. The van der Waals surface area contributed by atoms with E-state index in [4.69, 9.17) is 9.84 Å². The van der Waals surface area contributed by atoms with Crippen molar-refractivity contribution in [2.45, 2.75) is 33.3 Å². The van der Waals surface area contributed by atoms with E-state index in [0.717, 1.165) is 5.56 Å². The Morgan fingerprint density at radius 2 is 1.85 bits per heavy atom. The smallest absolute Gasteiger partial charge is 0.130 e. The molecule has 0 saturated heterocycles. The molecule has 3 heteroatoms. The van der Waals surface area contributed by atoms with Crippen LogP contribution in [0.5, 0.6) is 11.5 Å². The zero-order valence-corrected chi connectivity index (χ0v) is 12.0. The lowest BCUT2D eigenvalue weighted by molar-refractivity contribution is 0.280. The summed E-state index contributed by atoms with van der Waals surface area (Å²) in [5, 5.41) is 9.07. The van der Waals surface area contributed by atoms with Gasteiger partial charge >= 0.3 is 0 Å². The van der Waals surface area contributed by atoms with Crippen molar-refractivity contribution in [2.75, 3.05) is 0 Å². The monoisotopic (exact) mass is 274 g/mol. The molecule has 0 aliphatic heterocycles. The molecule has 2 nitrogen and oxygen atoms in total. The summed E-state index contributed by atoms with van der Waals surface area (Å²) in [6.45, 7) is 6.11. The summed E-state index contributed by atoms with van der Waals surface area (Å²) < 4.78 is 19.0. The maximum Gasteiger partial charge on any atom is 0.130 e. The largest absolute Gasteiger partial charge is 0.457 e. The van der Waals surface area contributed by atoms with Gasteiger partial charge in [0.25, 0.3) is 0 Å². The highest BCUT2D eigenvalue weighted by molar-refractivity contribution is 5.40. The van der Waals surface area contributed by atoms with Crippen LogP contribution in [0.15, 0.2) is 36.4 Å². The molecule has 0 atom stereocenters. The van der Waals surface area contributed by atoms with Gasteiger partial charge in [-0.05, 0) is 53.8 Å². The van der Waals surface area contributed by atoms with Crippen molar-refractivity contribution in [2.24, 2.45) is 0 Å². The molecule has 0 spiro atoms. The highest BCUT2D eigenvalue weighted by Gasteiger charge is 2.07. The van der Waals surface area contributed by atoms with Gasteiger partial charge in [-0.1, -0.05) is 19.9 Å². The van der Waals surface area contributed by atoms with Crippen LogP contribution in [0, 0.1) is 12.7 Å². The van der Waals surface area contributed by atoms with Gasteiger partial charge in [0.1, 0.15) is 17.3 Å². The molecule has 1 N–H and O–H groups in total. The van der Waals surface area contributed by atoms with Crippen molar-refractivity contribution in [3.8, 4) is 11.5 Å². The average molecular weight is 274 g/mol. The van der Waals surface area contributed by atoms with Crippen LogP contribution in [0.2, 0.25) is 0 Å². The number of aryl methyl sites for hydroxylation is 1. The third-order valence-electron chi connectivity index (χ3n) is 3.21. The molecule has 0 saturated carbocycles.